The summed E-state index contributed by atoms with van der Waals surface area (Å²) in [5.74, 6) is 0. The van der Waals surface area contributed by atoms with E-state index in [0.29, 0.717) is 11.8 Å². The topological polar surface area (TPSA) is 38.9 Å². The first-order valence-electron chi connectivity index (χ1n) is 4.11. The Morgan fingerprint density at radius 2 is 2.00 bits per heavy atom. The van der Waals surface area contributed by atoms with Crippen LogP contribution >= 0.6 is 11.6 Å². The SMILES string of the molecule is FC(F)(F)c1cnc(-c2cnoc2)c(Cl)c1. The zero-order valence-corrected chi connectivity index (χ0v) is 8.38. The first-order valence-corrected chi connectivity index (χ1v) is 4.49. The molecule has 0 atom stereocenters. The summed E-state index contributed by atoms with van der Waals surface area (Å²) in [5, 5.41) is 3.32. The highest BCUT2D eigenvalue weighted by Gasteiger charge is 2.31. The number of nitrogens with zero attached hydrogens (tertiary/aromatic N) is 2. The van der Waals surface area contributed by atoms with Crippen molar-refractivity contribution in [1.82, 2.24) is 10.1 Å². The zero-order valence-electron chi connectivity index (χ0n) is 7.62. The molecule has 2 heterocycles. The molecule has 0 aliphatic rings. The van der Waals surface area contributed by atoms with Crippen molar-refractivity contribution < 1.29 is 17.7 Å². The summed E-state index contributed by atoms with van der Waals surface area (Å²) in [5.41, 5.74) is -0.257. The smallest absolute Gasteiger partial charge is 0.364 e. The lowest BCUT2D eigenvalue weighted by Gasteiger charge is -2.07. The maximum absolute atomic E-state index is 12.3. The van der Waals surface area contributed by atoms with Crippen LogP contribution in [-0.2, 0) is 6.18 Å². The van der Waals surface area contributed by atoms with Gasteiger partial charge in [0.25, 0.3) is 0 Å². The summed E-state index contributed by atoms with van der Waals surface area (Å²) in [4.78, 5) is 3.64. The Balaban J connectivity index is 2.46. The number of rotatable bonds is 1. The zero-order chi connectivity index (χ0) is 11.8. The maximum atomic E-state index is 12.3. The standard InChI is InChI=1S/C9H4ClF3N2O/c10-7-1-6(9(11,12)13)3-14-8(7)5-2-15-16-4-5/h1-4H. The van der Waals surface area contributed by atoms with Crippen molar-refractivity contribution >= 4 is 11.6 Å². The summed E-state index contributed by atoms with van der Waals surface area (Å²) in [6.45, 7) is 0. The van der Waals surface area contributed by atoms with Crippen molar-refractivity contribution in [3.8, 4) is 11.3 Å². The van der Waals surface area contributed by atoms with Gasteiger partial charge in [0, 0.05) is 6.20 Å². The highest BCUT2D eigenvalue weighted by atomic mass is 35.5. The van der Waals surface area contributed by atoms with Crippen LogP contribution in [0.25, 0.3) is 11.3 Å². The van der Waals surface area contributed by atoms with Crippen LogP contribution in [0, 0.1) is 0 Å². The number of hydrogen-bond donors (Lipinski definition) is 0. The number of alkyl halides is 3. The highest BCUT2D eigenvalue weighted by molar-refractivity contribution is 6.33. The van der Waals surface area contributed by atoms with Gasteiger partial charge in [0.05, 0.1) is 28.0 Å². The van der Waals surface area contributed by atoms with Gasteiger partial charge in [0.2, 0.25) is 0 Å². The van der Waals surface area contributed by atoms with Gasteiger partial charge in [0.15, 0.2) is 0 Å². The Labute approximate surface area is 92.8 Å². The van der Waals surface area contributed by atoms with Crippen LogP contribution in [0.3, 0.4) is 0 Å². The molecule has 0 saturated carbocycles. The second kappa shape index (κ2) is 3.79. The molecule has 0 aromatic carbocycles. The lowest BCUT2D eigenvalue weighted by Crippen LogP contribution is -2.05. The Bertz CT molecular complexity index is 496. The van der Waals surface area contributed by atoms with E-state index in [1.807, 2.05) is 0 Å². The van der Waals surface area contributed by atoms with E-state index in [0.717, 1.165) is 6.07 Å². The van der Waals surface area contributed by atoms with Crippen LogP contribution in [0.15, 0.2) is 29.2 Å². The van der Waals surface area contributed by atoms with Crippen LogP contribution in [0.4, 0.5) is 13.2 Å². The Morgan fingerprint density at radius 1 is 1.25 bits per heavy atom. The lowest BCUT2D eigenvalue weighted by molar-refractivity contribution is -0.137. The molecule has 2 rings (SSSR count). The molecular weight excluding hydrogens is 245 g/mol. The van der Waals surface area contributed by atoms with E-state index < -0.39 is 11.7 Å². The number of aromatic nitrogens is 2. The second-order valence-corrected chi connectivity index (χ2v) is 3.37. The van der Waals surface area contributed by atoms with E-state index in [9.17, 15) is 13.2 Å². The number of halogens is 4. The molecule has 0 aliphatic carbocycles. The average Bonchev–Trinajstić information content (AvgIpc) is 2.69. The Morgan fingerprint density at radius 3 is 2.50 bits per heavy atom. The molecular formula is C9H4ClF3N2O. The van der Waals surface area contributed by atoms with Gasteiger partial charge < -0.3 is 4.52 Å². The van der Waals surface area contributed by atoms with Crippen LogP contribution < -0.4 is 0 Å². The fourth-order valence-corrected chi connectivity index (χ4v) is 1.40. The third-order valence-electron chi connectivity index (χ3n) is 1.87. The van der Waals surface area contributed by atoms with Crippen LogP contribution in [0.2, 0.25) is 5.02 Å². The predicted molar refractivity (Wildman–Crippen MR) is 49.7 cm³/mol. The lowest BCUT2D eigenvalue weighted by atomic mass is 10.2. The summed E-state index contributed by atoms with van der Waals surface area (Å²) < 4.78 is 41.5. The predicted octanol–water partition coefficient (Wildman–Crippen LogP) is 3.41. The molecule has 2 aromatic heterocycles. The highest BCUT2D eigenvalue weighted by Crippen LogP contribution is 2.33. The second-order valence-electron chi connectivity index (χ2n) is 2.97. The molecule has 2 aromatic rings. The van der Waals surface area contributed by atoms with E-state index in [1.165, 1.54) is 12.5 Å². The maximum Gasteiger partial charge on any atom is 0.417 e. The molecule has 84 valence electrons. The van der Waals surface area contributed by atoms with Crippen molar-refractivity contribution in [2.75, 3.05) is 0 Å². The van der Waals surface area contributed by atoms with E-state index in [-0.39, 0.29) is 10.7 Å². The fourth-order valence-electron chi connectivity index (χ4n) is 1.13. The van der Waals surface area contributed by atoms with Crippen LogP contribution in [0.1, 0.15) is 5.56 Å². The van der Waals surface area contributed by atoms with E-state index in [4.69, 9.17) is 11.6 Å². The van der Waals surface area contributed by atoms with Gasteiger partial charge in [-0.2, -0.15) is 13.2 Å². The van der Waals surface area contributed by atoms with Crippen LogP contribution in [0.5, 0.6) is 0 Å². The van der Waals surface area contributed by atoms with Gasteiger partial charge in [-0.15, -0.1) is 0 Å². The van der Waals surface area contributed by atoms with Crippen molar-refractivity contribution in [3.63, 3.8) is 0 Å². The molecule has 0 N–H and O–H groups in total. The molecule has 7 heteroatoms. The summed E-state index contributed by atoms with van der Waals surface area (Å²) in [6.07, 6.45) is -1.17. The van der Waals surface area contributed by atoms with Gasteiger partial charge in [-0.25, -0.2) is 0 Å². The van der Waals surface area contributed by atoms with Gasteiger partial charge in [-0.3, -0.25) is 4.98 Å². The molecule has 16 heavy (non-hydrogen) atoms. The summed E-state index contributed by atoms with van der Waals surface area (Å²) in [6, 6.07) is 0.816. The molecule has 0 fully saturated rings. The fraction of sp³-hybridized carbons (Fsp3) is 0.111. The van der Waals surface area contributed by atoms with E-state index in [2.05, 4.69) is 14.7 Å². The number of hydrogen-bond acceptors (Lipinski definition) is 3. The average molecular weight is 249 g/mol. The first kappa shape index (κ1) is 10.9. The normalized spacial score (nSPS) is 11.8. The molecule has 0 spiro atoms. The Kier molecular flexibility index (Phi) is 2.59. The third-order valence-corrected chi connectivity index (χ3v) is 2.16. The van der Waals surface area contributed by atoms with Gasteiger partial charge >= 0.3 is 6.18 Å². The van der Waals surface area contributed by atoms with Gasteiger partial charge in [0.1, 0.15) is 6.26 Å². The van der Waals surface area contributed by atoms with Crippen molar-refractivity contribution in [2.45, 2.75) is 6.18 Å². The summed E-state index contributed by atoms with van der Waals surface area (Å²) in [7, 11) is 0. The summed E-state index contributed by atoms with van der Waals surface area (Å²) >= 11 is 5.69. The molecule has 3 nitrogen and oxygen atoms in total. The molecule has 0 aliphatic heterocycles. The molecule has 0 bridgehead atoms. The largest absolute Gasteiger partial charge is 0.417 e. The van der Waals surface area contributed by atoms with Crippen molar-refractivity contribution in [1.29, 1.82) is 0 Å². The minimum atomic E-state index is -4.45. The van der Waals surface area contributed by atoms with E-state index in [1.54, 1.807) is 0 Å². The molecule has 0 unspecified atom stereocenters. The first-order chi connectivity index (χ1) is 7.48. The van der Waals surface area contributed by atoms with Gasteiger partial charge in [-0.1, -0.05) is 16.8 Å². The quantitative estimate of drug-likeness (QED) is 0.776. The molecule has 0 saturated heterocycles. The minimum absolute atomic E-state index is 0.0991. The van der Waals surface area contributed by atoms with Crippen LogP contribution in [-0.4, -0.2) is 10.1 Å². The van der Waals surface area contributed by atoms with Gasteiger partial charge in [-0.05, 0) is 6.07 Å². The monoisotopic (exact) mass is 248 g/mol. The number of pyridine rings is 1. The minimum Gasteiger partial charge on any atom is -0.364 e. The molecule has 0 radical (unpaired) electrons. The Hall–Kier alpha value is -1.56. The molecule has 0 amide bonds. The third kappa shape index (κ3) is 2.01. The van der Waals surface area contributed by atoms with Crippen molar-refractivity contribution in [2.24, 2.45) is 0 Å². The van der Waals surface area contributed by atoms with E-state index >= 15 is 0 Å². The van der Waals surface area contributed by atoms with Crippen molar-refractivity contribution in [3.05, 3.63) is 35.3 Å².